The maximum atomic E-state index is 13.6. The number of phosphoric ester groups is 1. The third-order valence-corrected chi connectivity index (χ3v) is 5.66. The lowest BCUT2D eigenvalue weighted by Gasteiger charge is -2.33. The summed E-state index contributed by atoms with van der Waals surface area (Å²) in [4.78, 5) is 11.4. The van der Waals surface area contributed by atoms with Gasteiger partial charge in [0.2, 0.25) is 0 Å². The SMILES string of the molecule is Cc1cc(C)c(C(C)(C)CC(=O)O)c(OP(=O)(OC(C)(C)C)OC(C)(C)C)c1. The second-order valence-corrected chi connectivity index (χ2v) is 11.3. The van der Waals surface area contributed by atoms with E-state index in [4.69, 9.17) is 13.6 Å². The summed E-state index contributed by atoms with van der Waals surface area (Å²) in [5.41, 5.74) is 0.163. The van der Waals surface area contributed by atoms with E-state index in [9.17, 15) is 14.5 Å². The first-order valence-corrected chi connectivity index (χ1v) is 10.8. The Balaban J connectivity index is 3.55. The summed E-state index contributed by atoms with van der Waals surface area (Å²) >= 11 is 0. The molecular weight excluding hydrogens is 379 g/mol. The van der Waals surface area contributed by atoms with E-state index in [1.54, 1.807) is 47.6 Å². The van der Waals surface area contributed by atoms with Gasteiger partial charge in [-0.2, -0.15) is 0 Å². The number of carboxylic acid groups (broad SMARTS) is 1. The van der Waals surface area contributed by atoms with Gasteiger partial charge in [-0.05, 0) is 72.6 Å². The standard InChI is InChI=1S/C21H35O6P/c1-14-11-15(2)18(21(9,10)13-17(22)23)16(12-14)25-28(24,26-19(3,4)5)27-20(6,7)8/h11-12H,13H2,1-10H3,(H,22,23). The quantitative estimate of drug-likeness (QED) is 0.537. The topological polar surface area (TPSA) is 82.1 Å². The maximum absolute atomic E-state index is 13.6. The molecule has 160 valence electrons. The molecule has 7 heteroatoms. The van der Waals surface area contributed by atoms with Crippen LogP contribution < -0.4 is 4.52 Å². The molecule has 0 bridgehead atoms. The molecule has 1 aromatic rings. The van der Waals surface area contributed by atoms with E-state index in [0.717, 1.165) is 11.1 Å². The average Bonchev–Trinajstić information content (AvgIpc) is 2.28. The van der Waals surface area contributed by atoms with E-state index in [2.05, 4.69) is 0 Å². The molecule has 0 atom stereocenters. The number of hydrogen-bond donors (Lipinski definition) is 1. The lowest BCUT2D eigenvalue weighted by molar-refractivity contribution is -0.138. The molecule has 0 fully saturated rings. The van der Waals surface area contributed by atoms with Gasteiger partial charge in [-0.25, -0.2) is 4.57 Å². The molecule has 0 amide bonds. The first-order valence-electron chi connectivity index (χ1n) is 9.38. The van der Waals surface area contributed by atoms with Crippen molar-refractivity contribution in [3.63, 3.8) is 0 Å². The van der Waals surface area contributed by atoms with Gasteiger partial charge in [0.1, 0.15) is 5.75 Å². The summed E-state index contributed by atoms with van der Waals surface area (Å²) < 4.78 is 30.9. The van der Waals surface area contributed by atoms with Gasteiger partial charge in [0, 0.05) is 11.0 Å². The smallest absolute Gasteiger partial charge is 0.481 e. The predicted octanol–water partition coefficient (Wildman–Crippen LogP) is 6.17. The van der Waals surface area contributed by atoms with E-state index in [-0.39, 0.29) is 6.42 Å². The van der Waals surface area contributed by atoms with Gasteiger partial charge in [0.15, 0.2) is 0 Å². The molecule has 0 radical (unpaired) electrons. The summed E-state index contributed by atoms with van der Waals surface area (Å²) in [6.45, 7) is 18.1. The van der Waals surface area contributed by atoms with Crippen LogP contribution in [-0.4, -0.2) is 22.3 Å². The van der Waals surface area contributed by atoms with E-state index in [0.29, 0.717) is 11.3 Å². The van der Waals surface area contributed by atoms with E-state index < -0.39 is 30.4 Å². The highest BCUT2D eigenvalue weighted by atomic mass is 31.2. The van der Waals surface area contributed by atoms with Crippen molar-refractivity contribution in [2.45, 2.75) is 92.3 Å². The van der Waals surface area contributed by atoms with Crippen LogP contribution in [0.1, 0.15) is 78.5 Å². The summed E-state index contributed by atoms with van der Waals surface area (Å²) in [5, 5.41) is 9.34. The maximum Gasteiger partial charge on any atom is 0.531 e. The van der Waals surface area contributed by atoms with Crippen LogP contribution in [0.15, 0.2) is 12.1 Å². The normalized spacial score (nSPS) is 13.5. The van der Waals surface area contributed by atoms with Crippen molar-refractivity contribution in [2.75, 3.05) is 0 Å². The monoisotopic (exact) mass is 414 g/mol. The third-order valence-electron chi connectivity index (χ3n) is 3.70. The molecule has 1 rings (SSSR count). The van der Waals surface area contributed by atoms with E-state index in [1.165, 1.54) is 0 Å². The van der Waals surface area contributed by atoms with Crippen LogP contribution >= 0.6 is 7.82 Å². The third kappa shape index (κ3) is 7.57. The van der Waals surface area contributed by atoms with Gasteiger partial charge in [0.25, 0.3) is 0 Å². The summed E-state index contributed by atoms with van der Waals surface area (Å²) in [7, 11) is -4.00. The fourth-order valence-corrected chi connectivity index (χ4v) is 5.02. The van der Waals surface area contributed by atoms with Gasteiger partial charge in [0.05, 0.1) is 17.6 Å². The van der Waals surface area contributed by atoms with Gasteiger partial charge < -0.3 is 9.63 Å². The molecule has 0 aliphatic rings. The lowest BCUT2D eigenvalue weighted by Crippen LogP contribution is -2.27. The molecule has 6 nitrogen and oxygen atoms in total. The Morgan fingerprint density at radius 2 is 1.43 bits per heavy atom. The highest BCUT2D eigenvalue weighted by Gasteiger charge is 2.40. The van der Waals surface area contributed by atoms with E-state index in [1.807, 2.05) is 33.8 Å². The molecule has 0 heterocycles. The Morgan fingerprint density at radius 1 is 0.964 bits per heavy atom. The van der Waals surface area contributed by atoms with Crippen molar-refractivity contribution in [3.8, 4) is 5.75 Å². The second-order valence-electron chi connectivity index (χ2n) is 9.86. The van der Waals surface area contributed by atoms with Gasteiger partial charge >= 0.3 is 13.8 Å². The minimum Gasteiger partial charge on any atom is -0.481 e. The van der Waals surface area contributed by atoms with Crippen LogP contribution in [0.3, 0.4) is 0 Å². The first-order chi connectivity index (χ1) is 12.3. The Kier molecular flexibility index (Phi) is 7.20. The highest BCUT2D eigenvalue weighted by molar-refractivity contribution is 7.49. The van der Waals surface area contributed by atoms with Crippen molar-refractivity contribution >= 4 is 13.8 Å². The zero-order valence-electron chi connectivity index (χ0n) is 18.8. The zero-order chi connectivity index (χ0) is 22.1. The molecular formula is C21H35O6P. The molecule has 0 aliphatic carbocycles. The Labute approximate surface area is 169 Å². The lowest BCUT2D eigenvalue weighted by atomic mass is 9.78. The highest BCUT2D eigenvalue weighted by Crippen LogP contribution is 2.56. The number of carbonyl (C=O) groups is 1. The van der Waals surface area contributed by atoms with Crippen LogP contribution in [0, 0.1) is 13.8 Å². The number of benzene rings is 1. The second kappa shape index (κ2) is 8.17. The molecule has 28 heavy (non-hydrogen) atoms. The molecule has 0 aliphatic heterocycles. The fraction of sp³-hybridized carbons (Fsp3) is 0.667. The largest absolute Gasteiger partial charge is 0.531 e. The fourth-order valence-electron chi connectivity index (χ4n) is 3.18. The van der Waals surface area contributed by atoms with Crippen molar-refractivity contribution in [3.05, 3.63) is 28.8 Å². The number of rotatable bonds is 7. The van der Waals surface area contributed by atoms with Gasteiger partial charge in [-0.1, -0.05) is 19.9 Å². The number of phosphoric acid groups is 1. The van der Waals surface area contributed by atoms with Crippen molar-refractivity contribution in [1.29, 1.82) is 0 Å². The molecule has 0 aromatic heterocycles. The van der Waals surface area contributed by atoms with Gasteiger partial charge in [-0.3, -0.25) is 13.8 Å². The molecule has 1 aromatic carbocycles. The van der Waals surface area contributed by atoms with Crippen LogP contribution in [0.2, 0.25) is 0 Å². The number of hydrogen-bond acceptors (Lipinski definition) is 5. The Morgan fingerprint density at radius 3 is 1.82 bits per heavy atom. The first kappa shape index (κ1) is 24.7. The van der Waals surface area contributed by atoms with E-state index >= 15 is 0 Å². The molecule has 0 saturated heterocycles. The number of carboxylic acids is 1. The average molecular weight is 414 g/mol. The zero-order valence-corrected chi connectivity index (χ0v) is 19.7. The minimum absolute atomic E-state index is 0.0994. The molecule has 0 unspecified atom stereocenters. The van der Waals surface area contributed by atoms with Crippen LogP contribution in [0.25, 0.3) is 0 Å². The predicted molar refractivity (Wildman–Crippen MR) is 111 cm³/mol. The summed E-state index contributed by atoms with van der Waals surface area (Å²) in [6.07, 6.45) is -0.0994. The molecule has 0 saturated carbocycles. The summed E-state index contributed by atoms with van der Waals surface area (Å²) in [5.74, 6) is -0.600. The Hall–Kier alpha value is -1.36. The summed E-state index contributed by atoms with van der Waals surface area (Å²) in [6, 6.07) is 3.70. The van der Waals surface area contributed by atoms with Crippen LogP contribution in [0.4, 0.5) is 0 Å². The Bertz CT molecular complexity index is 748. The van der Waals surface area contributed by atoms with Crippen LogP contribution in [0.5, 0.6) is 5.75 Å². The molecule has 0 spiro atoms. The minimum atomic E-state index is -4.00. The molecule has 1 N–H and O–H groups in total. The number of aliphatic carboxylic acids is 1. The van der Waals surface area contributed by atoms with Crippen molar-refractivity contribution in [2.24, 2.45) is 0 Å². The van der Waals surface area contributed by atoms with Gasteiger partial charge in [-0.15, -0.1) is 0 Å². The van der Waals surface area contributed by atoms with Crippen LogP contribution in [-0.2, 0) is 23.8 Å². The van der Waals surface area contributed by atoms with Crippen molar-refractivity contribution < 1.29 is 28.0 Å². The number of aryl methyl sites for hydroxylation is 2. The van der Waals surface area contributed by atoms with Crippen molar-refractivity contribution in [1.82, 2.24) is 0 Å².